The zero-order chi connectivity index (χ0) is 13.7. The van der Waals surface area contributed by atoms with Crippen molar-refractivity contribution in [2.24, 2.45) is 0 Å². The van der Waals surface area contributed by atoms with Crippen LogP contribution in [0.4, 0.5) is 0 Å². The second-order valence-electron chi connectivity index (χ2n) is 5.38. The van der Waals surface area contributed by atoms with Crippen molar-refractivity contribution >= 4 is 5.91 Å². The third-order valence-electron chi connectivity index (χ3n) is 3.86. The summed E-state index contributed by atoms with van der Waals surface area (Å²) >= 11 is 0. The lowest BCUT2D eigenvalue weighted by atomic mass is 10.0. The largest absolute Gasteiger partial charge is 0.340 e. The van der Waals surface area contributed by atoms with Crippen LogP contribution < -0.4 is 5.32 Å². The minimum atomic E-state index is 0.120. The van der Waals surface area contributed by atoms with Crippen LogP contribution in [-0.4, -0.2) is 37.0 Å². The molecule has 3 heteroatoms. The number of nitrogens with one attached hydrogen (secondary N) is 1. The maximum Gasteiger partial charge on any atom is 0.253 e. The van der Waals surface area contributed by atoms with Crippen molar-refractivity contribution in [3.05, 3.63) is 35.4 Å². The van der Waals surface area contributed by atoms with Crippen LogP contribution in [0.3, 0.4) is 0 Å². The first-order valence-corrected chi connectivity index (χ1v) is 7.28. The number of likely N-dealkylation sites (N-methyl/N-ethyl adjacent to an activating group) is 1. The van der Waals surface area contributed by atoms with Gasteiger partial charge in [0, 0.05) is 25.2 Å². The SMILES string of the molecule is CCc1ccc(C(=O)N(C)CC2CCCCN2)cc1. The Kier molecular flexibility index (Phi) is 4.97. The maximum atomic E-state index is 12.3. The van der Waals surface area contributed by atoms with E-state index in [4.69, 9.17) is 0 Å². The van der Waals surface area contributed by atoms with Crippen molar-refractivity contribution in [2.75, 3.05) is 20.1 Å². The maximum absolute atomic E-state index is 12.3. The molecule has 0 bridgehead atoms. The first-order chi connectivity index (χ1) is 9.20. The van der Waals surface area contributed by atoms with Crippen LogP contribution >= 0.6 is 0 Å². The zero-order valence-electron chi connectivity index (χ0n) is 12.0. The number of hydrogen-bond donors (Lipinski definition) is 1. The monoisotopic (exact) mass is 260 g/mol. The molecule has 1 heterocycles. The molecular weight excluding hydrogens is 236 g/mol. The minimum Gasteiger partial charge on any atom is -0.340 e. The number of hydrogen-bond acceptors (Lipinski definition) is 2. The van der Waals surface area contributed by atoms with Crippen molar-refractivity contribution < 1.29 is 4.79 Å². The van der Waals surface area contributed by atoms with Gasteiger partial charge in [-0.1, -0.05) is 25.5 Å². The van der Waals surface area contributed by atoms with Gasteiger partial charge in [-0.05, 0) is 43.5 Å². The molecule has 1 unspecified atom stereocenters. The molecule has 1 N–H and O–H groups in total. The summed E-state index contributed by atoms with van der Waals surface area (Å²) < 4.78 is 0. The fraction of sp³-hybridized carbons (Fsp3) is 0.562. The van der Waals surface area contributed by atoms with E-state index in [-0.39, 0.29) is 5.91 Å². The highest BCUT2D eigenvalue weighted by molar-refractivity contribution is 5.94. The van der Waals surface area contributed by atoms with Crippen molar-refractivity contribution in [2.45, 2.75) is 38.6 Å². The first-order valence-electron chi connectivity index (χ1n) is 7.28. The number of carbonyl (C=O) groups is 1. The normalized spacial score (nSPS) is 19.2. The van der Waals surface area contributed by atoms with E-state index in [0.717, 1.165) is 25.1 Å². The number of aryl methyl sites for hydroxylation is 1. The molecule has 0 spiro atoms. The standard InChI is InChI=1S/C16H24N2O/c1-3-13-7-9-14(10-8-13)16(19)18(2)12-15-6-4-5-11-17-15/h7-10,15,17H,3-6,11-12H2,1-2H3. The van der Waals surface area contributed by atoms with Crippen molar-refractivity contribution in [3.8, 4) is 0 Å². The summed E-state index contributed by atoms with van der Waals surface area (Å²) in [5.74, 6) is 0.120. The molecule has 0 saturated carbocycles. The Labute approximate surface area is 116 Å². The van der Waals surface area contributed by atoms with Crippen LogP contribution in [0, 0.1) is 0 Å². The Hall–Kier alpha value is -1.35. The van der Waals surface area contributed by atoms with Gasteiger partial charge in [0.2, 0.25) is 0 Å². The summed E-state index contributed by atoms with van der Waals surface area (Å²) in [6.45, 7) is 4.00. The van der Waals surface area contributed by atoms with Crippen LogP contribution in [0.25, 0.3) is 0 Å². The van der Waals surface area contributed by atoms with Gasteiger partial charge >= 0.3 is 0 Å². The van der Waals surface area contributed by atoms with Gasteiger partial charge in [-0.2, -0.15) is 0 Å². The molecule has 1 amide bonds. The molecule has 1 aliphatic rings. The van der Waals surface area contributed by atoms with Gasteiger partial charge in [0.1, 0.15) is 0 Å². The third-order valence-corrected chi connectivity index (χ3v) is 3.86. The van der Waals surface area contributed by atoms with Gasteiger partial charge < -0.3 is 10.2 Å². The summed E-state index contributed by atoms with van der Waals surface area (Å²) in [6.07, 6.45) is 4.71. The molecule has 1 aliphatic heterocycles. The van der Waals surface area contributed by atoms with Gasteiger partial charge in [0.25, 0.3) is 5.91 Å². The van der Waals surface area contributed by atoms with Crippen molar-refractivity contribution in [3.63, 3.8) is 0 Å². The van der Waals surface area contributed by atoms with Crippen LogP contribution in [0.1, 0.15) is 42.1 Å². The zero-order valence-corrected chi connectivity index (χ0v) is 12.0. The second-order valence-corrected chi connectivity index (χ2v) is 5.38. The van der Waals surface area contributed by atoms with Gasteiger partial charge in [-0.3, -0.25) is 4.79 Å². The van der Waals surface area contributed by atoms with E-state index < -0.39 is 0 Å². The van der Waals surface area contributed by atoms with Crippen molar-refractivity contribution in [1.29, 1.82) is 0 Å². The average molecular weight is 260 g/mol. The Balaban J connectivity index is 1.93. The van der Waals surface area contributed by atoms with E-state index in [0.29, 0.717) is 6.04 Å². The summed E-state index contributed by atoms with van der Waals surface area (Å²) in [5.41, 5.74) is 2.06. The number of rotatable bonds is 4. The molecule has 3 nitrogen and oxygen atoms in total. The highest BCUT2D eigenvalue weighted by Crippen LogP contribution is 2.11. The van der Waals surface area contributed by atoms with Gasteiger partial charge in [0.15, 0.2) is 0 Å². The lowest BCUT2D eigenvalue weighted by Crippen LogP contribution is -2.44. The third kappa shape index (κ3) is 3.80. The van der Waals surface area contributed by atoms with E-state index in [1.54, 1.807) is 0 Å². The smallest absolute Gasteiger partial charge is 0.253 e. The molecule has 1 atom stereocenters. The lowest BCUT2D eigenvalue weighted by molar-refractivity contribution is 0.0775. The van der Waals surface area contributed by atoms with Gasteiger partial charge in [0.05, 0.1) is 0 Å². The second kappa shape index (κ2) is 6.71. The van der Waals surface area contributed by atoms with E-state index in [1.807, 2.05) is 36.2 Å². The fourth-order valence-corrected chi connectivity index (χ4v) is 2.60. The molecule has 1 fully saturated rings. The predicted molar refractivity (Wildman–Crippen MR) is 78.4 cm³/mol. The van der Waals surface area contributed by atoms with Crippen molar-refractivity contribution in [1.82, 2.24) is 10.2 Å². The molecule has 1 aromatic carbocycles. The van der Waals surface area contributed by atoms with Gasteiger partial charge in [-0.15, -0.1) is 0 Å². The van der Waals surface area contributed by atoms with E-state index >= 15 is 0 Å². The number of carbonyl (C=O) groups excluding carboxylic acids is 1. The number of amides is 1. The van der Waals surface area contributed by atoms with Gasteiger partial charge in [-0.25, -0.2) is 0 Å². The molecule has 0 aliphatic carbocycles. The fourth-order valence-electron chi connectivity index (χ4n) is 2.60. The molecule has 1 aromatic rings. The molecule has 0 aromatic heterocycles. The van der Waals surface area contributed by atoms with Crippen LogP contribution in [0.2, 0.25) is 0 Å². The first kappa shape index (κ1) is 14.1. The minimum absolute atomic E-state index is 0.120. The molecule has 19 heavy (non-hydrogen) atoms. The van der Waals surface area contributed by atoms with E-state index in [2.05, 4.69) is 12.2 Å². The molecule has 104 valence electrons. The summed E-state index contributed by atoms with van der Waals surface area (Å²) in [7, 11) is 1.90. The Bertz CT molecular complexity index is 407. The van der Waals surface area contributed by atoms with E-state index in [1.165, 1.54) is 24.8 Å². The quantitative estimate of drug-likeness (QED) is 0.902. The molecule has 0 radical (unpaired) electrons. The van der Waals surface area contributed by atoms with Crippen LogP contribution in [0.15, 0.2) is 24.3 Å². The number of nitrogens with zero attached hydrogens (tertiary/aromatic N) is 1. The summed E-state index contributed by atoms with van der Waals surface area (Å²) in [4.78, 5) is 14.2. The summed E-state index contributed by atoms with van der Waals surface area (Å²) in [6, 6.07) is 8.41. The van der Waals surface area contributed by atoms with Crippen LogP contribution in [-0.2, 0) is 6.42 Å². The predicted octanol–water partition coefficient (Wildman–Crippen LogP) is 2.46. The lowest BCUT2D eigenvalue weighted by Gasteiger charge is -2.28. The molecule has 2 rings (SSSR count). The molecule has 1 saturated heterocycles. The average Bonchev–Trinajstić information content (AvgIpc) is 2.47. The van der Waals surface area contributed by atoms with Crippen LogP contribution in [0.5, 0.6) is 0 Å². The Morgan fingerprint density at radius 3 is 2.63 bits per heavy atom. The highest BCUT2D eigenvalue weighted by atomic mass is 16.2. The highest BCUT2D eigenvalue weighted by Gasteiger charge is 2.18. The number of piperidine rings is 1. The Morgan fingerprint density at radius 2 is 2.05 bits per heavy atom. The number of benzene rings is 1. The molecular formula is C16H24N2O. The summed E-state index contributed by atoms with van der Waals surface area (Å²) in [5, 5.41) is 3.48. The Morgan fingerprint density at radius 1 is 1.32 bits per heavy atom. The van der Waals surface area contributed by atoms with E-state index in [9.17, 15) is 4.79 Å². The topological polar surface area (TPSA) is 32.3 Å².